The minimum absolute atomic E-state index is 0.189. The van der Waals surface area contributed by atoms with Gasteiger partial charge in [-0.25, -0.2) is 8.78 Å². The molecule has 1 heterocycles. The van der Waals surface area contributed by atoms with Crippen molar-refractivity contribution in [3.63, 3.8) is 0 Å². The van der Waals surface area contributed by atoms with Gasteiger partial charge in [0.05, 0.1) is 0 Å². The number of benzene rings is 2. The number of nitrogens with zero attached hydrogens (tertiary/aromatic N) is 4. The van der Waals surface area contributed by atoms with Crippen molar-refractivity contribution >= 4 is 5.69 Å². The standard InChI is InChI=1S/C14H11F2N5/c1-8-4-2-7-11(17)12(8)14-18-19-20-21(14)13-9(15)5-3-6-10(13)16/h2-7H,17H2,1H3. The van der Waals surface area contributed by atoms with Gasteiger partial charge in [0.15, 0.2) is 17.5 Å². The van der Waals surface area contributed by atoms with Gasteiger partial charge in [-0.1, -0.05) is 18.2 Å². The topological polar surface area (TPSA) is 69.6 Å². The molecule has 2 N–H and O–H groups in total. The van der Waals surface area contributed by atoms with E-state index in [4.69, 9.17) is 5.73 Å². The lowest BCUT2D eigenvalue weighted by atomic mass is 10.1. The molecule has 3 aromatic rings. The molecule has 0 spiro atoms. The first-order valence-corrected chi connectivity index (χ1v) is 6.18. The van der Waals surface area contributed by atoms with Gasteiger partial charge in [-0.3, -0.25) is 0 Å². The van der Waals surface area contributed by atoms with E-state index in [1.54, 1.807) is 12.1 Å². The van der Waals surface area contributed by atoms with Crippen molar-refractivity contribution in [2.24, 2.45) is 0 Å². The lowest BCUT2D eigenvalue weighted by Crippen LogP contribution is -2.07. The first kappa shape index (κ1) is 13.2. The van der Waals surface area contributed by atoms with Crippen LogP contribution in [0.5, 0.6) is 0 Å². The van der Waals surface area contributed by atoms with Gasteiger partial charge in [0.1, 0.15) is 5.69 Å². The summed E-state index contributed by atoms with van der Waals surface area (Å²) < 4.78 is 28.9. The highest BCUT2D eigenvalue weighted by Gasteiger charge is 2.20. The molecular formula is C14H11F2N5. The van der Waals surface area contributed by atoms with E-state index in [1.807, 2.05) is 13.0 Å². The van der Waals surface area contributed by atoms with Gasteiger partial charge in [-0.2, -0.15) is 4.68 Å². The number of nitrogen functional groups attached to an aromatic ring is 1. The number of nitrogens with two attached hydrogens (primary N) is 1. The van der Waals surface area contributed by atoms with Gasteiger partial charge in [0, 0.05) is 11.3 Å². The maximum atomic E-state index is 13.9. The molecule has 0 unspecified atom stereocenters. The third kappa shape index (κ3) is 2.12. The van der Waals surface area contributed by atoms with Crippen LogP contribution >= 0.6 is 0 Å². The largest absolute Gasteiger partial charge is 0.398 e. The summed E-state index contributed by atoms with van der Waals surface area (Å²) in [6.45, 7) is 1.82. The molecule has 3 rings (SSSR count). The molecule has 5 nitrogen and oxygen atoms in total. The number of anilines is 1. The Hall–Kier alpha value is -2.83. The van der Waals surface area contributed by atoms with Gasteiger partial charge in [-0.15, -0.1) is 5.10 Å². The van der Waals surface area contributed by atoms with Crippen molar-refractivity contribution in [1.82, 2.24) is 20.2 Å². The zero-order valence-electron chi connectivity index (χ0n) is 11.1. The highest BCUT2D eigenvalue weighted by atomic mass is 19.1. The van der Waals surface area contributed by atoms with Crippen LogP contribution in [0.4, 0.5) is 14.5 Å². The average molecular weight is 287 g/mol. The van der Waals surface area contributed by atoms with Crippen molar-refractivity contribution in [3.05, 3.63) is 53.6 Å². The lowest BCUT2D eigenvalue weighted by Gasteiger charge is -2.10. The first-order chi connectivity index (χ1) is 10.1. The Morgan fingerprint density at radius 1 is 1.05 bits per heavy atom. The van der Waals surface area contributed by atoms with Gasteiger partial charge >= 0.3 is 0 Å². The zero-order valence-corrected chi connectivity index (χ0v) is 11.1. The van der Waals surface area contributed by atoms with Crippen molar-refractivity contribution in [3.8, 4) is 17.1 Å². The van der Waals surface area contributed by atoms with E-state index in [0.717, 1.165) is 22.4 Å². The SMILES string of the molecule is Cc1cccc(N)c1-c1nnnn1-c1c(F)cccc1F. The molecule has 0 bridgehead atoms. The van der Waals surface area contributed by atoms with Gasteiger partial charge in [-0.05, 0) is 41.1 Å². The van der Waals surface area contributed by atoms with Gasteiger partial charge in [0.2, 0.25) is 0 Å². The van der Waals surface area contributed by atoms with Crippen LogP contribution in [0.15, 0.2) is 36.4 Å². The van der Waals surface area contributed by atoms with Crippen molar-refractivity contribution in [2.45, 2.75) is 6.92 Å². The molecule has 0 saturated carbocycles. The maximum absolute atomic E-state index is 13.9. The maximum Gasteiger partial charge on any atom is 0.189 e. The molecule has 0 amide bonds. The van der Waals surface area contributed by atoms with E-state index in [0.29, 0.717) is 11.3 Å². The number of hydrogen-bond acceptors (Lipinski definition) is 4. The van der Waals surface area contributed by atoms with Crippen molar-refractivity contribution in [1.29, 1.82) is 0 Å². The molecule has 0 saturated heterocycles. The van der Waals surface area contributed by atoms with Crippen LogP contribution in [0.25, 0.3) is 17.1 Å². The van der Waals surface area contributed by atoms with Gasteiger partial charge < -0.3 is 5.73 Å². The third-order valence-electron chi connectivity index (χ3n) is 3.15. The highest BCUT2D eigenvalue weighted by molar-refractivity contribution is 5.75. The Bertz CT molecular complexity index is 706. The number of para-hydroxylation sites is 1. The summed E-state index contributed by atoms with van der Waals surface area (Å²) in [5.74, 6) is -1.32. The number of halogens is 2. The summed E-state index contributed by atoms with van der Waals surface area (Å²) in [5.41, 5.74) is 7.39. The van der Waals surface area contributed by atoms with E-state index in [1.165, 1.54) is 6.07 Å². The molecule has 106 valence electrons. The van der Waals surface area contributed by atoms with Crippen LogP contribution in [0.1, 0.15) is 5.56 Å². The molecule has 0 aliphatic rings. The normalized spacial score (nSPS) is 10.8. The lowest BCUT2D eigenvalue weighted by molar-refractivity contribution is 0.557. The van der Waals surface area contributed by atoms with Crippen LogP contribution < -0.4 is 5.73 Å². The Morgan fingerprint density at radius 3 is 2.38 bits per heavy atom. The summed E-state index contributed by atoms with van der Waals surface area (Å²) in [6.07, 6.45) is 0. The number of hydrogen-bond donors (Lipinski definition) is 1. The second-order valence-electron chi connectivity index (χ2n) is 4.52. The molecule has 7 heteroatoms. The Kier molecular flexibility index (Phi) is 3.09. The second kappa shape index (κ2) is 4.93. The van der Waals surface area contributed by atoms with E-state index in [9.17, 15) is 8.78 Å². The van der Waals surface area contributed by atoms with E-state index in [-0.39, 0.29) is 11.5 Å². The fourth-order valence-electron chi connectivity index (χ4n) is 2.18. The van der Waals surface area contributed by atoms with Crippen LogP contribution in [0, 0.1) is 18.6 Å². The first-order valence-electron chi connectivity index (χ1n) is 6.18. The summed E-state index contributed by atoms with van der Waals surface area (Å²) in [4.78, 5) is 0. The van der Waals surface area contributed by atoms with Crippen molar-refractivity contribution in [2.75, 3.05) is 5.73 Å². The monoisotopic (exact) mass is 287 g/mol. The number of tetrazole rings is 1. The van der Waals surface area contributed by atoms with E-state index < -0.39 is 11.6 Å². The summed E-state index contributed by atoms with van der Waals surface area (Å²) >= 11 is 0. The van der Waals surface area contributed by atoms with Crippen LogP contribution in [-0.2, 0) is 0 Å². The molecule has 0 atom stereocenters. The second-order valence-corrected chi connectivity index (χ2v) is 4.52. The van der Waals surface area contributed by atoms with Crippen LogP contribution in [0.2, 0.25) is 0 Å². The molecule has 2 aromatic carbocycles. The molecule has 1 aromatic heterocycles. The molecule has 0 aliphatic carbocycles. The zero-order chi connectivity index (χ0) is 15.0. The molecule has 0 fully saturated rings. The number of aryl methyl sites for hydroxylation is 1. The molecular weight excluding hydrogens is 276 g/mol. The minimum Gasteiger partial charge on any atom is -0.398 e. The van der Waals surface area contributed by atoms with Gasteiger partial charge in [0.25, 0.3) is 0 Å². The summed E-state index contributed by atoms with van der Waals surface area (Å²) in [7, 11) is 0. The molecule has 0 aliphatic heterocycles. The minimum atomic E-state index is -0.754. The number of rotatable bonds is 2. The Morgan fingerprint density at radius 2 is 1.71 bits per heavy atom. The van der Waals surface area contributed by atoms with Crippen LogP contribution in [-0.4, -0.2) is 20.2 Å². The van der Waals surface area contributed by atoms with Crippen LogP contribution in [0.3, 0.4) is 0 Å². The fraction of sp³-hybridized carbons (Fsp3) is 0.0714. The molecule has 0 radical (unpaired) electrons. The third-order valence-corrected chi connectivity index (χ3v) is 3.15. The average Bonchev–Trinajstić information content (AvgIpc) is 2.87. The van der Waals surface area contributed by atoms with E-state index in [2.05, 4.69) is 15.5 Å². The fourth-order valence-corrected chi connectivity index (χ4v) is 2.18. The smallest absolute Gasteiger partial charge is 0.189 e. The summed E-state index contributed by atoms with van der Waals surface area (Å²) in [5, 5.41) is 11.1. The molecule has 21 heavy (non-hydrogen) atoms. The quantitative estimate of drug-likeness (QED) is 0.735. The summed E-state index contributed by atoms with van der Waals surface area (Å²) in [6, 6.07) is 8.85. The number of aromatic nitrogens is 4. The predicted molar refractivity (Wildman–Crippen MR) is 73.7 cm³/mol. The van der Waals surface area contributed by atoms with E-state index >= 15 is 0 Å². The highest BCUT2D eigenvalue weighted by Crippen LogP contribution is 2.29. The Balaban J connectivity index is 2.28. The van der Waals surface area contributed by atoms with Crippen molar-refractivity contribution < 1.29 is 8.78 Å². The predicted octanol–water partition coefficient (Wildman–Crippen LogP) is 2.50. The Labute approximate surface area is 119 Å².